The number of fused-ring (bicyclic) bond motifs is 2. The lowest BCUT2D eigenvalue weighted by molar-refractivity contribution is 0.432. The predicted molar refractivity (Wildman–Crippen MR) is 98.1 cm³/mol. The second-order valence-electron chi connectivity index (χ2n) is 6.83. The minimum atomic E-state index is -0.253. The summed E-state index contributed by atoms with van der Waals surface area (Å²) in [5.41, 5.74) is 2.66. The van der Waals surface area contributed by atoms with Gasteiger partial charge < -0.3 is 0 Å². The highest BCUT2D eigenvalue weighted by molar-refractivity contribution is 5.83. The Hall–Kier alpha value is -2.49. The maximum absolute atomic E-state index is 13.1. The van der Waals surface area contributed by atoms with Gasteiger partial charge in [0.05, 0.1) is 10.9 Å². The molecule has 1 aliphatic rings. The van der Waals surface area contributed by atoms with E-state index < -0.39 is 0 Å². The Kier molecular flexibility index (Phi) is 4.12. The van der Waals surface area contributed by atoms with E-state index in [1.54, 1.807) is 12.1 Å². The Morgan fingerprint density at radius 1 is 1.12 bits per heavy atom. The van der Waals surface area contributed by atoms with E-state index in [4.69, 9.17) is 4.98 Å². The lowest BCUT2D eigenvalue weighted by Crippen LogP contribution is -2.24. The van der Waals surface area contributed by atoms with E-state index in [-0.39, 0.29) is 11.4 Å². The summed E-state index contributed by atoms with van der Waals surface area (Å²) in [5, 5.41) is 0.657. The third kappa shape index (κ3) is 2.97. The molecular formula is C21H21FN2O. The summed E-state index contributed by atoms with van der Waals surface area (Å²) < 4.78 is 15.0. The molecule has 0 spiro atoms. The van der Waals surface area contributed by atoms with Crippen LogP contribution < -0.4 is 5.56 Å². The van der Waals surface area contributed by atoms with Crippen LogP contribution in [0.5, 0.6) is 0 Å². The smallest absolute Gasteiger partial charge is 0.261 e. The normalized spacial score (nSPS) is 17.3. The molecule has 1 unspecified atom stereocenters. The molecule has 25 heavy (non-hydrogen) atoms. The van der Waals surface area contributed by atoms with Crippen LogP contribution in [-0.2, 0) is 13.0 Å². The molecule has 0 radical (unpaired) electrons. The first-order chi connectivity index (χ1) is 12.2. The molecule has 0 fully saturated rings. The SMILES string of the molecule is CCC1CCc2nc3cc(-c4ccc(F)cc4)ccc3c(=O)n2CC1. The van der Waals surface area contributed by atoms with Gasteiger partial charge in [-0.15, -0.1) is 0 Å². The van der Waals surface area contributed by atoms with Crippen LogP contribution in [0.2, 0.25) is 0 Å². The van der Waals surface area contributed by atoms with Crippen molar-refractivity contribution in [1.82, 2.24) is 9.55 Å². The van der Waals surface area contributed by atoms with Crippen LogP contribution >= 0.6 is 0 Å². The summed E-state index contributed by atoms with van der Waals surface area (Å²) in [7, 11) is 0. The first kappa shape index (κ1) is 16.0. The average Bonchev–Trinajstić information content (AvgIpc) is 2.84. The van der Waals surface area contributed by atoms with Crippen molar-refractivity contribution in [2.45, 2.75) is 39.2 Å². The fraction of sp³-hybridized carbons (Fsp3) is 0.333. The lowest BCUT2D eigenvalue weighted by Gasteiger charge is -2.11. The van der Waals surface area contributed by atoms with Crippen LogP contribution in [0, 0.1) is 11.7 Å². The van der Waals surface area contributed by atoms with E-state index in [0.717, 1.165) is 54.7 Å². The van der Waals surface area contributed by atoms with Crippen molar-refractivity contribution < 1.29 is 4.39 Å². The minimum Gasteiger partial charge on any atom is -0.296 e. The van der Waals surface area contributed by atoms with Crippen molar-refractivity contribution in [3.8, 4) is 11.1 Å². The first-order valence-electron chi connectivity index (χ1n) is 8.95. The number of hydrogen-bond acceptors (Lipinski definition) is 2. The number of halogens is 1. The van der Waals surface area contributed by atoms with Crippen molar-refractivity contribution in [3.63, 3.8) is 0 Å². The van der Waals surface area contributed by atoms with Crippen LogP contribution in [0.4, 0.5) is 4.39 Å². The van der Waals surface area contributed by atoms with Crippen LogP contribution in [-0.4, -0.2) is 9.55 Å². The zero-order valence-electron chi connectivity index (χ0n) is 14.3. The summed E-state index contributed by atoms with van der Waals surface area (Å²) in [4.78, 5) is 17.7. The molecule has 3 aromatic rings. The zero-order valence-corrected chi connectivity index (χ0v) is 14.3. The number of benzene rings is 2. The molecule has 128 valence electrons. The second-order valence-corrected chi connectivity index (χ2v) is 6.83. The number of aryl methyl sites for hydroxylation is 1. The Morgan fingerprint density at radius 3 is 2.64 bits per heavy atom. The average molecular weight is 336 g/mol. The van der Waals surface area contributed by atoms with Crippen LogP contribution in [0.3, 0.4) is 0 Å². The summed E-state index contributed by atoms with van der Waals surface area (Å²) >= 11 is 0. The van der Waals surface area contributed by atoms with Gasteiger partial charge in [-0.05, 0) is 54.2 Å². The van der Waals surface area contributed by atoms with Gasteiger partial charge in [0, 0.05) is 13.0 Å². The van der Waals surface area contributed by atoms with Crippen LogP contribution in [0.25, 0.3) is 22.0 Å². The maximum Gasteiger partial charge on any atom is 0.261 e. The molecule has 0 amide bonds. The highest BCUT2D eigenvalue weighted by atomic mass is 19.1. The Morgan fingerprint density at radius 2 is 1.88 bits per heavy atom. The largest absolute Gasteiger partial charge is 0.296 e. The third-order valence-corrected chi connectivity index (χ3v) is 5.33. The highest BCUT2D eigenvalue weighted by Crippen LogP contribution is 2.25. The van der Waals surface area contributed by atoms with Gasteiger partial charge >= 0.3 is 0 Å². The molecule has 4 rings (SSSR count). The fourth-order valence-corrected chi connectivity index (χ4v) is 3.71. The second kappa shape index (κ2) is 6.43. The molecule has 0 aliphatic carbocycles. The predicted octanol–water partition coefficient (Wildman–Crippen LogP) is 4.57. The molecule has 2 aromatic carbocycles. The van der Waals surface area contributed by atoms with Gasteiger partial charge in [0.25, 0.3) is 5.56 Å². The molecule has 0 saturated carbocycles. The van der Waals surface area contributed by atoms with Gasteiger partial charge in [0.1, 0.15) is 11.6 Å². The molecule has 0 saturated heterocycles. The summed E-state index contributed by atoms with van der Waals surface area (Å²) in [5.74, 6) is 1.31. The van der Waals surface area contributed by atoms with Gasteiger partial charge in [-0.25, -0.2) is 9.37 Å². The topological polar surface area (TPSA) is 34.9 Å². The number of hydrogen-bond donors (Lipinski definition) is 0. The Labute approximate surface area is 146 Å². The molecule has 1 aliphatic heterocycles. The lowest BCUT2D eigenvalue weighted by atomic mass is 9.98. The molecule has 1 aromatic heterocycles. The molecule has 1 atom stereocenters. The molecule has 4 heteroatoms. The van der Waals surface area contributed by atoms with E-state index >= 15 is 0 Å². The Bertz CT molecular complexity index is 976. The Balaban J connectivity index is 1.81. The van der Waals surface area contributed by atoms with Gasteiger partial charge in [0.2, 0.25) is 0 Å². The van der Waals surface area contributed by atoms with Gasteiger partial charge in [0.15, 0.2) is 0 Å². The quantitative estimate of drug-likeness (QED) is 0.687. The van der Waals surface area contributed by atoms with Crippen molar-refractivity contribution >= 4 is 10.9 Å². The van der Waals surface area contributed by atoms with Crippen molar-refractivity contribution in [2.24, 2.45) is 5.92 Å². The molecule has 0 N–H and O–H groups in total. The monoisotopic (exact) mass is 336 g/mol. The van der Waals surface area contributed by atoms with E-state index in [9.17, 15) is 9.18 Å². The minimum absolute atomic E-state index is 0.0578. The van der Waals surface area contributed by atoms with E-state index in [1.807, 2.05) is 22.8 Å². The fourth-order valence-electron chi connectivity index (χ4n) is 3.71. The number of rotatable bonds is 2. The molecule has 0 bridgehead atoms. The van der Waals surface area contributed by atoms with Gasteiger partial charge in [-0.2, -0.15) is 0 Å². The summed E-state index contributed by atoms with van der Waals surface area (Å²) in [6, 6.07) is 12.1. The van der Waals surface area contributed by atoms with Crippen molar-refractivity contribution in [2.75, 3.05) is 0 Å². The van der Waals surface area contributed by atoms with E-state index in [1.165, 1.54) is 12.1 Å². The van der Waals surface area contributed by atoms with E-state index in [0.29, 0.717) is 11.3 Å². The standard InChI is InChI=1S/C21H21FN2O/c1-2-14-3-10-20-23-19-13-16(15-4-7-17(22)8-5-15)6-9-18(19)21(25)24(20)12-11-14/h4-9,13-14H,2-3,10-12H2,1H3. The van der Waals surface area contributed by atoms with Crippen LogP contribution in [0.1, 0.15) is 32.0 Å². The first-order valence-corrected chi connectivity index (χ1v) is 8.95. The van der Waals surface area contributed by atoms with Gasteiger partial charge in [-0.3, -0.25) is 9.36 Å². The zero-order chi connectivity index (χ0) is 17.4. The van der Waals surface area contributed by atoms with Crippen molar-refractivity contribution in [1.29, 1.82) is 0 Å². The van der Waals surface area contributed by atoms with Gasteiger partial charge in [-0.1, -0.05) is 31.5 Å². The van der Waals surface area contributed by atoms with E-state index in [2.05, 4.69) is 6.92 Å². The highest BCUT2D eigenvalue weighted by Gasteiger charge is 2.18. The molecular weight excluding hydrogens is 315 g/mol. The maximum atomic E-state index is 13.1. The number of nitrogens with zero attached hydrogens (tertiary/aromatic N) is 2. The van der Waals surface area contributed by atoms with Crippen LogP contribution in [0.15, 0.2) is 47.3 Å². The summed E-state index contributed by atoms with van der Waals surface area (Å²) in [6.07, 6.45) is 4.14. The third-order valence-electron chi connectivity index (χ3n) is 5.33. The number of aromatic nitrogens is 2. The van der Waals surface area contributed by atoms with Crippen molar-refractivity contribution in [3.05, 3.63) is 64.5 Å². The molecule has 2 heterocycles. The molecule has 3 nitrogen and oxygen atoms in total. The summed E-state index contributed by atoms with van der Waals surface area (Å²) in [6.45, 7) is 2.97.